The quantitative estimate of drug-likeness (QED) is 0.837. The summed E-state index contributed by atoms with van der Waals surface area (Å²) in [5.74, 6) is -1.05. The van der Waals surface area contributed by atoms with E-state index in [9.17, 15) is 31.2 Å². The van der Waals surface area contributed by atoms with Crippen LogP contribution in [0.2, 0.25) is 0 Å². The summed E-state index contributed by atoms with van der Waals surface area (Å²) in [7, 11) is -5.47. The Morgan fingerprint density at radius 3 is 2.30 bits per heavy atom. The van der Waals surface area contributed by atoms with Crippen LogP contribution < -0.4 is 4.72 Å². The molecule has 0 atom stereocenters. The second kappa shape index (κ2) is 6.19. The first-order valence-corrected chi connectivity index (χ1v) is 8.08. The monoisotopic (exact) mass is 350 g/mol. The van der Waals surface area contributed by atoms with Crippen molar-refractivity contribution in [1.82, 2.24) is 4.90 Å². The maximum Gasteiger partial charge on any atom is 0.516 e. The van der Waals surface area contributed by atoms with Crippen molar-refractivity contribution in [3.63, 3.8) is 0 Å². The van der Waals surface area contributed by atoms with Crippen LogP contribution in [0.4, 0.5) is 18.9 Å². The molecule has 23 heavy (non-hydrogen) atoms. The second-order valence-corrected chi connectivity index (χ2v) is 6.68. The number of nitrogens with one attached hydrogen (secondary N) is 1. The lowest BCUT2D eigenvalue weighted by molar-refractivity contribution is -0.147. The molecule has 1 heterocycles. The predicted octanol–water partition coefficient (Wildman–Crippen LogP) is 1.64. The highest BCUT2D eigenvalue weighted by Gasteiger charge is 2.46. The second-order valence-electron chi connectivity index (χ2n) is 5.00. The molecule has 0 radical (unpaired) electrons. The zero-order valence-corrected chi connectivity index (χ0v) is 12.6. The number of rotatable bonds is 4. The number of piperidine rings is 1. The lowest BCUT2D eigenvalue weighted by atomic mass is 10.1. The first kappa shape index (κ1) is 17.3. The van der Waals surface area contributed by atoms with Gasteiger partial charge in [0, 0.05) is 25.2 Å². The van der Waals surface area contributed by atoms with Crippen molar-refractivity contribution in [3.05, 3.63) is 29.8 Å². The number of alkyl halides is 3. The van der Waals surface area contributed by atoms with E-state index in [1.54, 1.807) is 0 Å². The molecule has 1 aromatic carbocycles. The van der Waals surface area contributed by atoms with Gasteiger partial charge in [0.2, 0.25) is 5.78 Å². The molecular formula is C13H13F3N2O4S. The van der Waals surface area contributed by atoms with Crippen LogP contribution in [0.25, 0.3) is 0 Å². The summed E-state index contributed by atoms with van der Waals surface area (Å²) in [5, 5.41) is 0. The minimum Gasteiger partial charge on any atom is -0.332 e. The Hall–Kier alpha value is -2.10. The van der Waals surface area contributed by atoms with Gasteiger partial charge in [0.1, 0.15) is 0 Å². The van der Waals surface area contributed by atoms with Crippen molar-refractivity contribution in [2.75, 3.05) is 11.3 Å². The van der Waals surface area contributed by atoms with Crippen LogP contribution in [0, 0.1) is 0 Å². The van der Waals surface area contributed by atoms with Gasteiger partial charge in [0.05, 0.1) is 0 Å². The zero-order chi connectivity index (χ0) is 17.3. The highest BCUT2D eigenvalue weighted by molar-refractivity contribution is 7.93. The summed E-state index contributed by atoms with van der Waals surface area (Å²) in [5.41, 5.74) is -5.07. The SMILES string of the molecule is O=C1CCCN(Cc2ccc(NS(=O)(=O)C(F)(F)F)cc2)C1=O. The molecular weight excluding hydrogens is 337 g/mol. The highest BCUT2D eigenvalue weighted by atomic mass is 32.2. The van der Waals surface area contributed by atoms with Gasteiger partial charge >= 0.3 is 15.5 Å². The number of Topliss-reactive ketones (excluding diaryl/α,β-unsaturated/α-hetero) is 1. The van der Waals surface area contributed by atoms with E-state index in [1.807, 2.05) is 0 Å². The number of benzene rings is 1. The Kier molecular flexibility index (Phi) is 4.64. The summed E-state index contributed by atoms with van der Waals surface area (Å²) in [6, 6.07) is 5.10. The largest absolute Gasteiger partial charge is 0.516 e. The molecule has 1 saturated heterocycles. The van der Waals surface area contributed by atoms with Crippen LogP contribution >= 0.6 is 0 Å². The summed E-state index contributed by atoms with van der Waals surface area (Å²) in [6.45, 7) is 0.559. The number of ketones is 1. The average Bonchev–Trinajstić information content (AvgIpc) is 2.44. The lowest BCUT2D eigenvalue weighted by Gasteiger charge is -2.25. The van der Waals surface area contributed by atoms with Gasteiger partial charge in [-0.3, -0.25) is 14.3 Å². The standard InChI is InChI=1S/C13H13F3N2O4S/c14-13(15,16)23(21,22)17-10-5-3-9(4-6-10)8-18-7-1-2-11(19)12(18)20/h3-6,17H,1-2,7-8H2. The number of hydrogen-bond donors (Lipinski definition) is 1. The van der Waals surface area contributed by atoms with E-state index in [-0.39, 0.29) is 18.7 Å². The summed E-state index contributed by atoms with van der Waals surface area (Å²) >= 11 is 0. The molecule has 0 aliphatic carbocycles. The van der Waals surface area contributed by atoms with Crippen LogP contribution in [-0.2, 0) is 26.2 Å². The number of likely N-dealkylation sites (tertiary alicyclic amines) is 1. The van der Waals surface area contributed by atoms with Crippen LogP contribution in [0.15, 0.2) is 24.3 Å². The molecule has 6 nitrogen and oxygen atoms in total. The van der Waals surface area contributed by atoms with Crippen LogP contribution in [-0.4, -0.2) is 37.1 Å². The minimum absolute atomic E-state index is 0.136. The maximum absolute atomic E-state index is 12.3. The number of hydrogen-bond acceptors (Lipinski definition) is 4. The van der Waals surface area contributed by atoms with Crippen molar-refractivity contribution in [3.8, 4) is 0 Å². The Balaban J connectivity index is 2.05. The van der Waals surface area contributed by atoms with E-state index in [2.05, 4.69) is 0 Å². The summed E-state index contributed by atoms with van der Waals surface area (Å²) < 4.78 is 60.2. The highest BCUT2D eigenvalue weighted by Crippen LogP contribution is 2.25. The normalized spacial score (nSPS) is 16.6. The van der Waals surface area contributed by atoms with Crippen LogP contribution in [0.1, 0.15) is 18.4 Å². The van der Waals surface area contributed by atoms with E-state index in [0.717, 1.165) is 12.1 Å². The summed E-state index contributed by atoms with van der Waals surface area (Å²) in [4.78, 5) is 24.3. The molecule has 1 amide bonds. The minimum atomic E-state index is -5.47. The van der Waals surface area contributed by atoms with Gasteiger partial charge < -0.3 is 4.90 Å². The van der Waals surface area contributed by atoms with Crippen molar-refractivity contribution in [1.29, 1.82) is 0 Å². The molecule has 0 spiro atoms. The molecule has 1 aliphatic rings. The molecule has 0 aromatic heterocycles. The van der Waals surface area contributed by atoms with Crippen molar-refractivity contribution in [2.45, 2.75) is 24.9 Å². The van der Waals surface area contributed by atoms with Gasteiger partial charge in [-0.05, 0) is 24.1 Å². The Morgan fingerprint density at radius 2 is 1.74 bits per heavy atom. The van der Waals surface area contributed by atoms with E-state index in [4.69, 9.17) is 0 Å². The fraction of sp³-hybridized carbons (Fsp3) is 0.385. The number of anilines is 1. The first-order valence-electron chi connectivity index (χ1n) is 6.60. The van der Waals surface area contributed by atoms with Crippen molar-refractivity contribution < 1.29 is 31.2 Å². The average molecular weight is 350 g/mol. The number of sulfonamides is 1. The van der Waals surface area contributed by atoms with Gasteiger partial charge in [0.15, 0.2) is 0 Å². The Morgan fingerprint density at radius 1 is 1.13 bits per heavy atom. The zero-order valence-electron chi connectivity index (χ0n) is 11.8. The number of nitrogens with zero attached hydrogens (tertiary/aromatic N) is 1. The molecule has 1 N–H and O–H groups in total. The number of amides is 1. The Bertz CT molecular complexity index is 714. The number of carbonyl (C=O) groups excluding carboxylic acids is 2. The number of carbonyl (C=O) groups is 2. The molecule has 2 rings (SSSR count). The van der Waals surface area contributed by atoms with Gasteiger partial charge in [-0.1, -0.05) is 12.1 Å². The fourth-order valence-corrected chi connectivity index (χ4v) is 2.64. The van der Waals surface area contributed by atoms with Gasteiger partial charge in [-0.2, -0.15) is 21.6 Å². The van der Waals surface area contributed by atoms with Crippen LogP contribution in [0.5, 0.6) is 0 Å². The van der Waals surface area contributed by atoms with Crippen molar-refractivity contribution in [2.24, 2.45) is 0 Å². The van der Waals surface area contributed by atoms with Crippen LogP contribution in [0.3, 0.4) is 0 Å². The molecule has 0 unspecified atom stereocenters. The number of halogens is 3. The van der Waals surface area contributed by atoms with E-state index in [1.165, 1.54) is 21.8 Å². The van der Waals surface area contributed by atoms with Crippen molar-refractivity contribution >= 4 is 27.4 Å². The smallest absolute Gasteiger partial charge is 0.332 e. The summed E-state index contributed by atoms with van der Waals surface area (Å²) in [6.07, 6.45) is 0.779. The molecule has 1 aromatic rings. The third-order valence-corrected chi connectivity index (χ3v) is 4.36. The lowest BCUT2D eigenvalue weighted by Crippen LogP contribution is -2.40. The predicted molar refractivity (Wildman–Crippen MR) is 74.7 cm³/mol. The topological polar surface area (TPSA) is 83.6 Å². The van der Waals surface area contributed by atoms with E-state index < -0.39 is 27.2 Å². The molecule has 1 fully saturated rings. The third kappa shape index (κ3) is 4.01. The fourth-order valence-electron chi connectivity index (χ4n) is 2.08. The Labute approximate surface area is 130 Å². The molecule has 1 aliphatic heterocycles. The first-order chi connectivity index (χ1) is 10.6. The molecule has 10 heteroatoms. The van der Waals surface area contributed by atoms with E-state index >= 15 is 0 Å². The third-order valence-electron chi connectivity index (χ3n) is 3.24. The molecule has 126 valence electrons. The molecule has 0 saturated carbocycles. The van der Waals surface area contributed by atoms with Gasteiger partial charge in [-0.15, -0.1) is 0 Å². The molecule has 0 bridgehead atoms. The maximum atomic E-state index is 12.3. The van der Waals surface area contributed by atoms with Gasteiger partial charge in [0.25, 0.3) is 5.91 Å². The van der Waals surface area contributed by atoms with E-state index in [0.29, 0.717) is 18.5 Å². The van der Waals surface area contributed by atoms with Gasteiger partial charge in [-0.25, -0.2) is 0 Å².